The standard InChI is InChI=1S/C9H11NO2S/c1-9(11)5-6-3-4-13-7(6)8(9)10-12-2/h3-4,11H,5H2,1-2H3/b10-8-. The Hall–Kier alpha value is -0.870. The summed E-state index contributed by atoms with van der Waals surface area (Å²) in [6.07, 6.45) is 0.633. The van der Waals surface area contributed by atoms with Gasteiger partial charge in [-0.15, -0.1) is 11.3 Å². The monoisotopic (exact) mass is 197 g/mol. The minimum atomic E-state index is -0.863. The number of aliphatic hydroxyl groups is 1. The van der Waals surface area contributed by atoms with Gasteiger partial charge in [-0.05, 0) is 23.9 Å². The Bertz CT molecular complexity index is 354. The molecule has 1 aliphatic carbocycles. The minimum Gasteiger partial charge on any atom is -0.399 e. The van der Waals surface area contributed by atoms with E-state index in [0.29, 0.717) is 12.1 Å². The zero-order valence-electron chi connectivity index (χ0n) is 7.57. The highest BCUT2D eigenvalue weighted by Gasteiger charge is 2.39. The molecule has 2 rings (SSSR count). The maximum Gasteiger partial charge on any atom is 0.129 e. The van der Waals surface area contributed by atoms with E-state index in [-0.39, 0.29) is 0 Å². The Morgan fingerprint density at radius 1 is 1.69 bits per heavy atom. The van der Waals surface area contributed by atoms with E-state index in [0.717, 1.165) is 10.4 Å². The molecule has 13 heavy (non-hydrogen) atoms. The SMILES string of the molecule is CO/N=C1/c2sccc2CC1(C)O. The van der Waals surface area contributed by atoms with Crippen molar-refractivity contribution in [1.29, 1.82) is 0 Å². The van der Waals surface area contributed by atoms with Gasteiger partial charge in [0, 0.05) is 6.42 Å². The second-order valence-electron chi connectivity index (χ2n) is 3.35. The third kappa shape index (κ3) is 1.26. The number of nitrogens with zero attached hydrogens (tertiary/aromatic N) is 1. The quantitative estimate of drug-likeness (QED) is 0.691. The highest BCUT2D eigenvalue weighted by molar-refractivity contribution is 7.12. The van der Waals surface area contributed by atoms with Crippen molar-refractivity contribution < 1.29 is 9.94 Å². The molecule has 0 aromatic carbocycles. The third-order valence-corrected chi connectivity index (χ3v) is 3.15. The van der Waals surface area contributed by atoms with Gasteiger partial charge in [-0.1, -0.05) is 5.16 Å². The third-order valence-electron chi connectivity index (χ3n) is 2.19. The lowest BCUT2D eigenvalue weighted by Crippen LogP contribution is -2.32. The normalized spacial score (nSPS) is 29.3. The first-order valence-electron chi connectivity index (χ1n) is 4.06. The Morgan fingerprint density at radius 3 is 3.15 bits per heavy atom. The predicted molar refractivity (Wildman–Crippen MR) is 52.2 cm³/mol. The van der Waals surface area contributed by atoms with Crippen molar-refractivity contribution >= 4 is 17.0 Å². The number of rotatable bonds is 1. The van der Waals surface area contributed by atoms with Crippen LogP contribution < -0.4 is 0 Å². The number of oxime groups is 1. The highest BCUT2D eigenvalue weighted by atomic mass is 32.1. The largest absolute Gasteiger partial charge is 0.399 e. The molecule has 0 spiro atoms. The first kappa shape index (κ1) is 8.72. The van der Waals surface area contributed by atoms with Gasteiger partial charge in [0.25, 0.3) is 0 Å². The summed E-state index contributed by atoms with van der Waals surface area (Å²) in [5, 5.41) is 15.9. The van der Waals surface area contributed by atoms with Crippen molar-refractivity contribution in [2.75, 3.05) is 7.11 Å². The van der Waals surface area contributed by atoms with Gasteiger partial charge in [0.2, 0.25) is 0 Å². The molecule has 0 saturated carbocycles. The van der Waals surface area contributed by atoms with Crippen molar-refractivity contribution in [2.24, 2.45) is 5.16 Å². The van der Waals surface area contributed by atoms with Gasteiger partial charge in [0.15, 0.2) is 0 Å². The van der Waals surface area contributed by atoms with Crippen LogP contribution in [0, 0.1) is 0 Å². The summed E-state index contributed by atoms with van der Waals surface area (Å²) in [6, 6.07) is 2.02. The van der Waals surface area contributed by atoms with Crippen LogP contribution in [-0.4, -0.2) is 23.5 Å². The lowest BCUT2D eigenvalue weighted by Gasteiger charge is -2.15. The Morgan fingerprint density at radius 2 is 2.46 bits per heavy atom. The summed E-state index contributed by atoms with van der Waals surface area (Å²) in [4.78, 5) is 5.77. The average molecular weight is 197 g/mol. The molecule has 0 saturated heterocycles. The fourth-order valence-electron chi connectivity index (χ4n) is 1.61. The van der Waals surface area contributed by atoms with Crippen LogP contribution in [0.25, 0.3) is 0 Å². The van der Waals surface area contributed by atoms with E-state index in [9.17, 15) is 5.11 Å². The first-order valence-corrected chi connectivity index (χ1v) is 4.94. The van der Waals surface area contributed by atoms with Crippen molar-refractivity contribution in [2.45, 2.75) is 18.9 Å². The molecule has 1 unspecified atom stereocenters. The minimum absolute atomic E-state index is 0.633. The molecular formula is C9H11NO2S. The number of hydrogen-bond donors (Lipinski definition) is 1. The molecule has 0 radical (unpaired) electrons. The fourth-order valence-corrected chi connectivity index (χ4v) is 2.64. The molecule has 4 heteroatoms. The van der Waals surface area contributed by atoms with Gasteiger partial charge in [-0.2, -0.15) is 0 Å². The Balaban J connectivity index is 2.49. The van der Waals surface area contributed by atoms with Crippen LogP contribution in [-0.2, 0) is 11.3 Å². The molecule has 0 aliphatic heterocycles. The van der Waals surface area contributed by atoms with Crippen LogP contribution >= 0.6 is 11.3 Å². The van der Waals surface area contributed by atoms with Crippen LogP contribution in [0.5, 0.6) is 0 Å². The molecule has 70 valence electrons. The second-order valence-corrected chi connectivity index (χ2v) is 4.26. The smallest absolute Gasteiger partial charge is 0.129 e. The maximum atomic E-state index is 9.99. The van der Waals surface area contributed by atoms with Crippen molar-refractivity contribution in [1.82, 2.24) is 0 Å². The summed E-state index contributed by atoms with van der Waals surface area (Å²) >= 11 is 1.59. The molecule has 1 heterocycles. The number of thiophene rings is 1. The van der Waals surface area contributed by atoms with E-state index in [1.165, 1.54) is 7.11 Å². The van der Waals surface area contributed by atoms with Crippen LogP contribution in [0.1, 0.15) is 17.4 Å². The van der Waals surface area contributed by atoms with Gasteiger partial charge < -0.3 is 9.94 Å². The van der Waals surface area contributed by atoms with Crippen LogP contribution in [0.3, 0.4) is 0 Å². The fraction of sp³-hybridized carbons (Fsp3) is 0.444. The summed E-state index contributed by atoms with van der Waals surface area (Å²) in [7, 11) is 1.49. The molecule has 1 atom stereocenters. The molecule has 1 aromatic heterocycles. The Kier molecular flexibility index (Phi) is 1.89. The maximum absolute atomic E-state index is 9.99. The molecule has 0 bridgehead atoms. The van der Waals surface area contributed by atoms with Gasteiger partial charge in [-0.3, -0.25) is 0 Å². The Labute approximate surface area is 80.6 Å². The zero-order chi connectivity index (χ0) is 9.47. The summed E-state index contributed by atoms with van der Waals surface area (Å²) in [5.74, 6) is 0. The van der Waals surface area contributed by atoms with Crippen molar-refractivity contribution in [3.05, 3.63) is 21.9 Å². The van der Waals surface area contributed by atoms with E-state index in [4.69, 9.17) is 4.84 Å². The van der Waals surface area contributed by atoms with Crippen molar-refractivity contribution in [3.8, 4) is 0 Å². The summed E-state index contributed by atoms with van der Waals surface area (Å²) in [5.41, 5.74) is 0.948. The molecule has 1 aliphatic rings. The van der Waals surface area contributed by atoms with E-state index in [2.05, 4.69) is 5.16 Å². The number of hydrogen-bond acceptors (Lipinski definition) is 4. The zero-order valence-corrected chi connectivity index (χ0v) is 8.39. The van der Waals surface area contributed by atoms with E-state index < -0.39 is 5.60 Å². The van der Waals surface area contributed by atoms with Gasteiger partial charge in [-0.25, -0.2) is 0 Å². The lowest BCUT2D eigenvalue weighted by molar-refractivity contribution is 0.129. The topological polar surface area (TPSA) is 41.8 Å². The molecule has 0 amide bonds. The highest BCUT2D eigenvalue weighted by Crippen LogP contribution is 2.34. The van der Waals surface area contributed by atoms with Crippen LogP contribution in [0.15, 0.2) is 16.6 Å². The second kappa shape index (κ2) is 2.82. The molecule has 1 aromatic rings. The predicted octanol–water partition coefficient (Wildman–Crippen LogP) is 1.41. The first-order chi connectivity index (χ1) is 6.15. The molecule has 3 nitrogen and oxygen atoms in total. The number of fused-ring (bicyclic) bond motifs is 1. The van der Waals surface area contributed by atoms with E-state index in [1.54, 1.807) is 18.3 Å². The van der Waals surface area contributed by atoms with Gasteiger partial charge in [0.1, 0.15) is 18.4 Å². The summed E-state index contributed by atoms with van der Waals surface area (Å²) < 4.78 is 0. The average Bonchev–Trinajstić information content (AvgIpc) is 2.53. The summed E-state index contributed by atoms with van der Waals surface area (Å²) in [6.45, 7) is 1.76. The van der Waals surface area contributed by atoms with Crippen molar-refractivity contribution in [3.63, 3.8) is 0 Å². The lowest BCUT2D eigenvalue weighted by atomic mass is 10.0. The van der Waals surface area contributed by atoms with Gasteiger partial charge in [0.05, 0.1) is 4.88 Å². The van der Waals surface area contributed by atoms with E-state index >= 15 is 0 Å². The molecule has 0 fully saturated rings. The van der Waals surface area contributed by atoms with E-state index in [1.807, 2.05) is 11.4 Å². The van der Waals surface area contributed by atoms with Gasteiger partial charge >= 0.3 is 0 Å². The molecule has 1 N–H and O–H groups in total. The van der Waals surface area contributed by atoms with Crippen LogP contribution in [0.4, 0.5) is 0 Å². The van der Waals surface area contributed by atoms with Crippen LogP contribution in [0.2, 0.25) is 0 Å². The molecular weight excluding hydrogens is 186 g/mol.